The number of amides is 3. The monoisotopic (exact) mass is 498 g/mol. The Balaban J connectivity index is 1.57. The van der Waals surface area contributed by atoms with Crippen molar-refractivity contribution in [3.63, 3.8) is 0 Å². The van der Waals surface area contributed by atoms with Crippen LogP contribution in [0.3, 0.4) is 0 Å². The molecule has 32 heavy (non-hydrogen) atoms. The quantitative estimate of drug-likeness (QED) is 0.469. The van der Waals surface area contributed by atoms with Crippen LogP contribution in [0.25, 0.3) is 10.9 Å². The largest absolute Gasteiger partial charge is 0.376 e. The van der Waals surface area contributed by atoms with Crippen molar-refractivity contribution in [2.45, 2.75) is 25.9 Å². The summed E-state index contributed by atoms with van der Waals surface area (Å²) in [5.41, 5.74) is 4.91. The SMILES string of the molecule is Cc1ccccc1NC(=O)c1cc2cc(Br)ccc2n1NC(=O)C(=O)NC[C@@H]1CCCO1. The van der Waals surface area contributed by atoms with Gasteiger partial charge in [-0.15, -0.1) is 0 Å². The van der Waals surface area contributed by atoms with E-state index in [1.165, 1.54) is 4.68 Å². The van der Waals surface area contributed by atoms with Gasteiger partial charge in [-0.2, -0.15) is 0 Å². The number of carbonyl (C=O) groups excluding carboxylic acids is 3. The number of hydrogen-bond acceptors (Lipinski definition) is 4. The molecule has 3 amide bonds. The first-order valence-electron chi connectivity index (χ1n) is 10.3. The van der Waals surface area contributed by atoms with Gasteiger partial charge in [-0.1, -0.05) is 34.1 Å². The molecule has 2 aromatic carbocycles. The van der Waals surface area contributed by atoms with Crippen LogP contribution in [0.4, 0.5) is 5.69 Å². The Labute approximate surface area is 193 Å². The second-order valence-electron chi connectivity index (χ2n) is 7.62. The van der Waals surface area contributed by atoms with Gasteiger partial charge >= 0.3 is 11.8 Å². The molecule has 0 bridgehead atoms. The highest BCUT2D eigenvalue weighted by Gasteiger charge is 2.23. The summed E-state index contributed by atoms with van der Waals surface area (Å²) in [6.45, 7) is 2.83. The minimum atomic E-state index is -0.867. The van der Waals surface area contributed by atoms with Gasteiger partial charge < -0.3 is 15.4 Å². The second kappa shape index (κ2) is 9.54. The van der Waals surface area contributed by atoms with Gasteiger partial charge in [0.2, 0.25) is 0 Å². The number of fused-ring (bicyclic) bond motifs is 1. The molecule has 166 valence electrons. The third-order valence-electron chi connectivity index (χ3n) is 5.32. The summed E-state index contributed by atoms with van der Waals surface area (Å²) >= 11 is 3.42. The first-order chi connectivity index (χ1) is 15.4. The van der Waals surface area contributed by atoms with Crippen molar-refractivity contribution in [2.24, 2.45) is 0 Å². The van der Waals surface area contributed by atoms with Crippen LogP contribution >= 0.6 is 15.9 Å². The summed E-state index contributed by atoms with van der Waals surface area (Å²) in [5.74, 6) is -2.07. The normalized spacial score (nSPS) is 15.5. The molecular formula is C23H23BrN4O4. The average Bonchev–Trinajstić information content (AvgIpc) is 3.41. The van der Waals surface area contributed by atoms with Crippen LogP contribution in [-0.4, -0.2) is 41.7 Å². The summed E-state index contributed by atoms with van der Waals surface area (Å²) in [6, 6.07) is 14.5. The molecule has 1 aliphatic heterocycles. The molecule has 0 saturated carbocycles. The summed E-state index contributed by atoms with van der Waals surface area (Å²) in [4.78, 5) is 38.0. The fourth-order valence-corrected chi connectivity index (χ4v) is 4.00. The minimum Gasteiger partial charge on any atom is -0.376 e. The number of hydrogen-bond donors (Lipinski definition) is 3. The van der Waals surface area contributed by atoms with Crippen molar-refractivity contribution in [1.29, 1.82) is 0 Å². The van der Waals surface area contributed by atoms with E-state index in [1.807, 2.05) is 31.2 Å². The summed E-state index contributed by atoms with van der Waals surface area (Å²) in [5, 5.41) is 6.19. The highest BCUT2D eigenvalue weighted by atomic mass is 79.9. The molecule has 0 unspecified atom stereocenters. The summed E-state index contributed by atoms with van der Waals surface area (Å²) in [7, 11) is 0. The van der Waals surface area contributed by atoms with E-state index in [-0.39, 0.29) is 18.3 Å². The van der Waals surface area contributed by atoms with E-state index >= 15 is 0 Å². The van der Waals surface area contributed by atoms with E-state index in [0.29, 0.717) is 17.8 Å². The number of benzene rings is 2. The third kappa shape index (κ3) is 4.84. The number of ether oxygens (including phenoxy) is 1. The Morgan fingerprint density at radius 3 is 2.69 bits per heavy atom. The fraction of sp³-hybridized carbons (Fsp3) is 0.261. The molecular weight excluding hydrogens is 476 g/mol. The zero-order valence-corrected chi connectivity index (χ0v) is 19.1. The van der Waals surface area contributed by atoms with Gasteiger partial charge in [-0.05, 0) is 55.7 Å². The van der Waals surface area contributed by atoms with Crippen molar-refractivity contribution in [3.05, 3.63) is 64.3 Å². The number of nitrogens with zero attached hydrogens (tertiary/aromatic N) is 1. The van der Waals surface area contributed by atoms with Gasteiger partial charge in [-0.3, -0.25) is 19.8 Å². The standard InChI is InChI=1S/C23H23BrN4O4/c1-14-5-2-3-7-18(14)26-21(29)20-12-15-11-16(24)8-9-19(15)28(20)27-23(31)22(30)25-13-17-6-4-10-32-17/h2-3,5,7-9,11-12,17H,4,6,10,13H2,1H3,(H,25,30)(H,26,29)(H,27,31)/t17-/m0/s1. The molecule has 3 N–H and O–H groups in total. The van der Waals surface area contributed by atoms with Gasteiger partial charge in [0.1, 0.15) is 5.69 Å². The lowest BCUT2D eigenvalue weighted by atomic mass is 10.2. The highest BCUT2D eigenvalue weighted by molar-refractivity contribution is 9.10. The molecule has 4 rings (SSSR count). The van der Waals surface area contributed by atoms with E-state index in [1.54, 1.807) is 24.3 Å². The number of rotatable bonds is 5. The number of nitrogens with one attached hydrogen (secondary N) is 3. The molecule has 1 saturated heterocycles. The van der Waals surface area contributed by atoms with Gasteiger partial charge in [-0.25, -0.2) is 4.68 Å². The van der Waals surface area contributed by atoms with Gasteiger partial charge in [0, 0.05) is 28.7 Å². The van der Waals surface area contributed by atoms with E-state index < -0.39 is 17.7 Å². The van der Waals surface area contributed by atoms with Crippen LogP contribution in [0.15, 0.2) is 53.0 Å². The molecule has 9 heteroatoms. The summed E-state index contributed by atoms with van der Waals surface area (Å²) in [6.07, 6.45) is 1.71. The van der Waals surface area contributed by atoms with Crippen LogP contribution in [-0.2, 0) is 14.3 Å². The smallest absolute Gasteiger partial charge is 0.328 e. The molecule has 1 aromatic heterocycles. The van der Waals surface area contributed by atoms with E-state index in [0.717, 1.165) is 28.3 Å². The van der Waals surface area contributed by atoms with Gasteiger partial charge in [0.25, 0.3) is 5.91 Å². The first kappa shape index (κ1) is 22.0. The molecule has 0 spiro atoms. The lowest BCUT2D eigenvalue weighted by Crippen LogP contribution is -2.42. The molecule has 1 fully saturated rings. The number of anilines is 1. The van der Waals surface area contributed by atoms with Crippen LogP contribution in [0, 0.1) is 6.92 Å². The van der Waals surface area contributed by atoms with Crippen molar-refractivity contribution < 1.29 is 19.1 Å². The fourth-order valence-electron chi connectivity index (χ4n) is 3.62. The van der Waals surface area contributed by atoms with Crippen molar-refractivity contribution >= 4 is 50.2 Å². The Morgan fingerprint density at radius 1 is 1.12 bits per heavy atom. The minimum absolute atomic E-state index is 0.0769. The average molecular weight is 499 g/mol. The predicted molar refractivity (Wildman–Crippen MR) is 125 cm³/mol. The van der Waals surface area contributed by atoms with Crippen molar-refractivity contribution in [3.8, 4) is 0 Å². The number of aryl methyl sites for hydroxylation is 1. The van der Waals surface area contributed by atoms with E-state index in [9.17, 15) is 14.4 Å². The number of halogens is 1. The molecule has 1 atom stereocenters. The van der Waals surface area contributed by atoms with Crippen LogP contribution in [0.5, 0.6) is 0 Å². The highest BCUT2D eigenvalue weighted by Crippen LogP contribution is 2.24. The maximum atomic E-state index is 13.1. The maximum Gasteiger partial charge on any atom is 0.328 e. The Morgan fingerprint density at radius 2 is 1.94 bits per heavy atom. The molecule has 0 radical (unpaired) electrons. The van der Waals surface area contributed by atoms with E-state index in [2.05, 4.69) is 32.0 Å². The lowest BCUT2D eigenvalue weighted by Gasteiger charge is -2.14. The number of carbonyl (C=O) groups is 3. The van der Waals surface area contributed by atoms with Crippen molar-refractivity contribution in [2.75, 3.05) is 23.9 Å². The Kier molecular flexibility index (Phi) is 6.57. The Bertz CT molecular complexity index is 1180. The summed E-state index contributed by atoms with van der Waals surface area (Å²) < 4.78 is 7.63. The van der Waals surface area contributed by atoms with Gasteiger partial charge in [0.15, 0.2) is 0 Å². The second-order valence-corrected chi connectivity index (χ2v) is 8.54. The number of para-hydroxylation sites is 1. The molecule has 2 heterocycles. The zero-order chi connectivity index (χ0) is 22.7. The molecule has 1 aliphatic rings. The molecule has 3 aromatic rings. The Hall–Kier alpha value is -3.17. The van der Waals surface area contributed by atoms with Crippen molar-refractivity contribution in [1.82, 2.24) is 9.99 Å². The lowest BCUT2D eigenvalue weighted by molar-refractivity contribution is -0.136. The van der Waals surface area contributed by atoms with Crippen LogP contribution < -0.4 is 16.1 Å². The van der Waals surface area contributed by atoms with E-state index in [4.69, 9.17) is 4.74 Å². The first-order valence-corrected chi connectivity index (χ1v) is 11.1. The maximum absolute atomic E-state index is 13.1. The third-order valence-corrected chi connectivity index (χ3v) is 5.82. The predicted octanol–water partition coefficient (Wildman–Crippen LogP) is 3.33. The van der Waals surface area contributed by atoms with Crippen LogP contribution in [0.2, 0.25) is 0 Å². The number of aromatic nitrogens is 1. The molecule has 8 nitrogen and oxygen atoms in total. The van der Waals surface area contributed by atoms with Crippen LogP contribution in [0.1, 0.15) is 28.9 Å². The molecule has 0 aliphatic carbocycles. The zero-order valence-electron chi connectivity index (χ0n) is 17.5. The topological polar surface area (TPSA) is 101 Å². The van der Waals surface area contributed by atoms with Gasteiger partial charge in [0.05, 0.1) is 11.6 Å².